The van der Waals surface area contributed by atoms with Crippen molar-refractivity contribution < 1.29 is 8.78 Å². The molecule has 0 aliphatic carbocycles. The number of rotatable bonds is 5. The Bertz CT molecular complexity index is 430. The summed E-state index contributed by atoms with van der Waals surface area (Å²) in [6.45, 7) is 7.99. The molecule has 1 heterocycles. The topological polar surface area (TPSA) is 15.3 Å². The Morgan fingerprint density at radius 3 is 2.55 bits per heavy atom. The minimum absolute atomic E-state index is 0.0395. The molecule has 1 aromatic rings. The molecule has 1 unspecified atom stereocenters. The zero-order chi connectivity index (χ0) is 14.5. The first-order valence-electron chi connectivity index (χ1n) is 7.53. The first-order valence-corrected chi connectivity index (χ1v) is 7.53. The third kappa shape index (κ3) is 3.55. The highest BCUT2D eigenvalue weighted by Gasteiger charge is 2.29. The monoisotopic (exact) mass is 282 g/mol. The molecule has 0 spiro atoms. The standard InChI is InChI=1S/C16H24F2N2/c1-3-4-12(2)16(20-9-7-19-8-10-20)14-6-5-13(17)11-15(14)18/h5-6,11-12,16,19H,3-4,7-10H2,1-2H3/t12?,16-/m1/s1. The van der Waals surface area contributed by atoms with Crippen molar-refractivity contribution in [3.8, 4) is 0 Å². The number of nitrogens with zero attached hydrogens (tertiary/aromatic N) is 1. The molecular formula is C16H24F2N2. The van der Waals surface area contributed by atoms with Gasteiger partial charge in [-0.1, -0.05) is 26.3 Å². The van der Waals surface area contributed by atoms with E-state index in [1.165, 1.54) is 6.07 Å². The van der Waals surface area contributed by atoms with Crippen LogP contribution >= 0.6 is 0 Å². The predicted octanol–water partition coefficient (Wildman–Crippen LogP) is 3.35. The lowest BCUT2D eigenvalue weighted by molar-refractivity contribution is 0.123. The van der Waals surface area contributed by atoms with Crippen molar-refractivity contribution >= 4 is 0 Å². The first-order chi connectivity index (χ1) is 9.63. The zero-order valence-corrected chi connectivity index (χ0v) is 12.3. The van der Waals surface area contributed by atoms with Crippen LogP contribution in [0.3, 0.4) is 0 Å². The Morgan fingerprint density at radius 2 is 1.95 bits per heavy atom. The first kappa shape index (κ1) is 15.4. The molecule has 0 radical (unpaired) electrons. The van der Waals surface area contributed by atoms with Crippen LogP contribution in [0.1, 0.15) is 38.3 Å². The maximum absolute atomic E-state index is 14.2. The smallest absolute Gasteiger partial charge is 0.130 e. The van der Waals surface area contributed by atoms with E-state index in [1.54, 1.807) is 6.07 Å². The van der Waals surface area contributed by atoms with Crippen LogP contribution in [-0.2, 0) is 0 Å². The van der Waals surface area contributed by atoms with Gasteiger partial charge in [-0.05, 0) is 18.4 Å². The number of halogens is 2. The fourth-order valence-corrected chi connectivity index (χ4v) is 3.18. The molecule has 0 saturated carbocycles. The van der Waals surface area contributed by atoms with Crippen molar-refractivity contribution in [1.82, 2.24) is 10.2 Å². The van der Waals surface area contributed by atoms with Crippen LogP contribution in [0.4, 0.5) is 8.78 Å². The fourth-order valence-electron chi connectivity index (χ4n) is 3.18. The molecule has 2 nitrogen and oxygen atoms in total. The highest BCUT2D eigenvalue weighted by molar-refractivity contribution is 5.23. The van der Waals surface area contributed by atoms with E-state index in [2.05, 4.69) is 24.1 Å². The van der Waals surface area contributed by atoms with Crippen molar-refractivity contribution in [2.75, 3.05) is 26.2 Å². The Morgan fingerprint density at radius 1 is 1.25 bits per heavy atom. The van der Waals surface area contributed by atoms with Gasteiger partial charge in [-0.2, -0.15) is 0 Å². The molecule has 1 aromatic carbocycles. The maximum atomic E-state index is 14.2. The number of hydrogen-bond donors (Lipinski definition) is 1. The van der Waals surface area contributed by atoms with Gasteiger partial charge in [0.1, 0.15) is 11.6 Å². The van der Waals surface area contributed by atoms with Crippen molar-refractivity contribution in [3.63, 3.8) is 0 Å². The molecule has 0 bridgehead atoms. The quantitative estimate of drug-likeness (QED) is 0.891. The summed E-state index contributed by atoms with van der Waals surface area (Å²) in [5, 5.41) is 3.32. The average Bonchev–Trinajstić information content (AvgIpc) is 2.43. The van der Waals surface area contributed by atoms with Crippen LogP contribution in [0.25, 0.3) is 0 Å². The molecule has 20 heavy (non-hydrogen) atoms. The third-order valence-electron chi connectivity index (χ3n) is 4.11. The van der Waals surface area contributed by atoms with E-state index in [1.807, 2.05) is 0 Å². The number of hydrogen-bond acceptors (Lipinski definition) is 2. The SMILES string of the molecule is CCCC(C)[C@H](c1ccc(F)cc1F)N1CCNCC1. The largest absolute Gasteiger partial charge is 0.314 e. The summed E-state index contributed by atoms with van der Waals surface area (Å²) in [6.07, 6.45) is 2.12. The second kappa shape index (κ2) is 7.14. The molecule has 1 aliphatic heterocycles. The minimum Gasteiger partial charge on any atom is -0.314 e. The molecule has 112 valence electrons. The summed E-state index contributed by atoms with van der Waals surface area (Å²) in [5.74, 6) is -0.567. The molecule has 1 fully saturated rings. The average molecular weight is 282 g/mol. The third-order valence-corrected chi connectivity index (χ3v) is 4.11. The Balaban J connectivity index is 2.28. The minimum atomic E-state index is -0.506. The van der Waals surface area contributed by atoms with Gasteiger partial charge in [-0.25, -0.2) is 8.78 Å². The van der Waals surface area contributed by atoms with Crippen LogP contribution in [0, 0.1) is 17.6 Å². The molecule has 1 N–H and O–H groups in total. The summed E-state index contributed by atoms with van der Waals surface area (Å²) < 4.78 is 27.3. The highest BCUT2D eigenvalue weighted by atomic mass is 19.1. The molecule has 0 amide bonds. The normalized spacial score (nSPS) is 19.8. The Labute approximate surface area is 120 Å². The van der Waals surface area contributed by atoms with Crippen molar-refractivity contribution in [3.05, 3.63) is 35.4 Å². The lowest BCUT2D eigenvalue weighted by atomic mass is 9.89. The molecule has 1 aliphatic rings. The van der Waals surface area contributed by atoms with Gasteiger partial charge in [0.2, 0.25) is 0 Å². The number of nitrogens with one attached hydrogen (secondary N) is 1. The van der Waals surface area contributed by atoms with Crippen molar-refractivity contribution in [1.29, 1.82) is 0 Å². The van der Waals surface area contributed by atoms with Gasteiger partial charge in [0.25, 0.3) is 0 Å². The zero-order valence-electron chi connectivity index (χ0n) is 12.3. The van der Waals surface area contributed by atoms with Crippen LogP contribution in [0.2, 0.25) is 0 Å². The summed E-state index contributed by atoms with van der Waals surface area (Å²) >= 11 is 0. The van der Waals surface area contributed by atoms with Crippen molar-refractivity contribution in [2.45, 2.75) is 32.7 Å². The van der Waals surface area contributed by atoms with E-state index in [0.29, 0.717) is 11.5 Å². The van der Waals surface area contributed by atoms with E-state index in [9.17, 15) is 8.78 Å². The van der Waals surface area contributed by atoms with Crippen LogP contribution in [-0.4, -0.2) is 31.1 Å². The van der Waals surface area contributed by atoms with E-state index in [-0.39, 0.29) is 6.04 Å². The number of benzene rings is 1. The maximum Gasteiger partial charge on any atom is 0.130 e. The second-order valence-electron chi connectivity index (χ2n) is 5.66. The Kier molecular flexibility index (Phi) is 5.49. The van der Waals surface area contributed by atoms with Crippen LogP contribution < -0.4 is 5.32 Å². The summed E-state index contributed by atoms with van der Waals surface area (Å²) in [5.41, 5.74) is 0.634. The van der Waals surface area contributed by atoms with Gasteiger partial charge in [-0.15, -0.1) is 0 Å². The van der Waals surface area contributed by atoms with Crippen LogP contribution in [0.5, 0.6) is 0 Å². The van der Waals surface area contributed by atoms with Gasteiger partial charge in [0.05, 0.1) is 0 Å². The number of piperazine rings is 1. The molecule has 0 aromatic heterocycles. The second-order valence-corrected chi connectivity index (χ2v) is 5.66. The summed E-state index contributed by atoms with van der Waals surface area (Å²) in [6, 6.07) is 4.02. The van der Waals surface area contributed by atoms with E-state index in [0.717, 1.165) is 45.1 Å². The van der Waals surface area contributed by atoms with Crippen molar-refractivity contribution in [2.24, 2.45) is 5.92 Å². The van der Waals surface area contributed by atoms with E-state index in [4.69, 9.17) is 0 Å². The summed E-state index contributed by atoms with van der Waals surface area (Å²) in [7, 11) is 0. The van der Waals surface area contributed by atoms with Gasteiger partial charge in [-0.3, -0.25) is 4.90 Å². The fraction of sp³-hybridized carbons (Fsp3) is 0.625. The Hall–Kier alpha value is -1.00. The van der Waals surface area contributed by atoms with Crippen LogP contribution in [0.15, 0.2) is 18.2 Å². The van der Waals surface area contributed by atoms with E-state index < -0.39 is 11.6 Å². The lowest BCUT2D eigenvalue weighted by Crippen LogP contribution is -2.46. The molecule has 1 saturated heterocycles. The van der Waals surface area contributed by atoms with Gasteiger partial charge >= 0.3 is 0 Å². The predicted molar refractivity (Wildman–Crippen MR) is 77.6 cm³/mol. The molecular weight excluding hydrogens is 258 g/mol. The molecule has 2 rings (SSSR count). The van der Waals surface area contributed by atoms with E-state index >= 15 is 0 Å². The molecule has 4 heteroatoms. The van der Waals surface area contributed by atoms with Gasteiger partial charge in [0, 0.05) is 43.9 Å². The lowest BCUT2D eigenvalue weighted by Gasteiger charge is -2.38. The highest BCUT2D eigenvalue weighted by Crippen LogP contribution is 2.33. The van der Waals surface area contributed by atoms with Gasteiger partial charge < -0.3 is 5.32 Å². The van der Waals surface area contributed by atoms with Gasteiger partial charge in [0.15, 0.2) is 0 Å². The molecule has 2 atom stereocenters. The summed E-state index contributed by atoms with van der Waals surface area (Å²) in [4.78, 5) is 2.33.